The summed E-state index contributed by atoms with van der Waals surface area (Å²) in [5.74, 6) is -0.669. The van der Waals surface area contributed by atoms with Crippen molar-refractivity contribution >= 4 is 6.02 Å². The number of amidine groups is 1. The highest BCUT2D eigenvalue weighted by molar-refractivity contribution is 5.77. The molecule has 0 saturated heterocycles. The van der Waals surface area contributed by atoms with E-state index in [1.54, 1.807) is 43.3 Å². The molecule has 0 bridgehead atoms. The van der Waals surface area contributed by atoms with Crippen LogP contribution in [0.15, 0.2) is 47.6 Å². The fourth-order valence-electron chi connectivity index (χ4n) is 3.62. The van der Waals surface area contributed by atoms with Crippen molar-refractivity contribution in [2.75, 3.05) is 6.61 Å². The summed E-state index contributed by atoms with van der Waals surface area (Å²) in [4.78, 5) is 12.1. The maximum atomic E-state index is 14.2. The minimum Gasteiger partial charge on any atom is -0.462 e. The van der Waals surface area contributed by atoms with Gasteiger partial charge in [-0.1, -0.05) is 6.07 Å². The number of aromatic nitrogens is 2. The fourth-order valence-corrected chi connectivity index (χ4v) is 3.62. The van der Waals surface area contributed by atoms with Gasteiger partial charge in [-0.3, -0.25) is 0 Å². The number of nitrogens with two attached hydrogens (primary N) is 1. The molecule has 0 amide bonds. The molecule has 2 aliphatic heterocycles. The highest BCUT2D eigenvalue weighted by atomic mass is 19.1. The third-order valence-electron chi connectivity index (χ3n) is 4.99. The summed E-state index contributed by atoms with van der Waals surface area (Å²) in [7, 11) is 0. The number of pyridine rings is 2. The maximum absolute atomic E-state index is 14.2. The molecule has 0 fully saturated rings. The minimum atomic E-state index is -1.05. The van der Waals surface area contributed by atoms with Gasteiger partial charge < -0.3 is 15.2 Å². The Bertz CT molecular complexity index is 1160. The van der Waals surface area contributed by atoms with Crippen LogP contribution in [0.5, 0.6) is 11.6 Å². The number of aryl methyl sites for hydroxylation is 1. The molecule has 4 heterocycles. The monoisotopic (exact) mass is 380 g/mol. The molecule has 1 unspecified atom stereocenters. The Hall–Kier alpha value is -3.55. The van der Waals surface area contributed by atoms with Gasteiger partial charge in [0.2, 0.25) is 17.8 Å². The number of rotatable bonds is 1. The highest BCUT2D eigenvalue weighted by Gasteiger charge is 2.48. The normalized spacial score (nSPS) is 19.5. The summed E-state index contributed by atoms with van der Waals surface area (Å²) >= 11 is 0. The Kier molecular flexibility index (Phi) is 3.39. The van der Waals surface area contributed by atoms with Crippen LogP contribution in [0.1, 0.15) is 16.7 Å². The number of aliphatic imine (C=N–C) groups is 1. The first kappa shape index (κ1) is 16.6. The third kappa shape index (κ3) is 2.27. The van der Waals surface area contributed by atoms with Crippen molar-refractivity contribution in [1.29, 1.82) is 0 Å². The van der Waals surface area contributed by atoms with Crippen molar-refractivity contribution in [3.8, 4) is 22.8 Å². The first-order valence-electron chi connectivity index (χ1n) is 8.57. The zero-order valence-electron chi connectivity index (χ0n) is 14.7. The predicted octanol–water partition coefficient (Wildman–Crippen LogP) is 3.42. The van der Waals surface area contributed by atoms with E-state index in [-0.39, 0.29) is 18.5 Å². The predicted molar refractivity (Wildman–Crippen MR) is 97.0 cm³/mol. The molecule has 140 valence electrons. The number of halogens is 2. The largest absolute Gasteiger partial charge is 0.462 e. The molecule has 6 nitrogen and oxygen atoms in total. The molecular formula is C20H14F2N4O2. The highest BCUT2D eigenvalue weighted by Crippen LogP contribution is 2.51. The van der Waals surface area contributed by atoms with E-state index in [2.05, 4.69) is 15.0 Å². The number of benzene rings is 1. The average molecular weight is 380 g/mol. The van der Waals surface area contributed by atoms with Crippen LogP contribution in [-0.4, -0.2) is 22.6 Å². The lowest BCUT2D eigenvalue weighted by atomic mass is 9.81. The fraction of sp³-hybridized carbons (Fsp3) is 0.150. The van der Waals surface area contributed by atoms with Gasteiger partial charge in [0.05, 0.1) is 5.56 Å². The summed E-state index contributed by atoms with van der Waals surface area (Å²) in [5, 5.41) is 0. The number of hydrogen-bond donors (Lipinski definition) is 1. The van der Waals surface area contributed by atoms with Crippen molar-refractivity contribution in [1.82, 2.24) is 9.97 Å². The zero-order valence-corrected chi connectivity index (χ0v) is 14.7. The molecule has 28 heavy (non-hydrogen) atoms. The lowest BCUT2D eigenvalue weighted by Gasteiger charge is -2.33. The van der Waals surface area contributed by atoms with E-state index < -0.39 is 17.4 Å². The van der Waals surface area contributed by atoms with E-state index in [0.29, 0.717) is 33.6 Å². The standard InChI is InChI=1S/C20H14F2N4O2/c1-10-7-14-18(25-16(10)21)28-15-5-4-11(12-3-2-6-24-17(12)22)8-13(15)20(14)9-27-19(23)26-20/h2-8H,9H2,1H3,(H2,23,26). The Morgan fingerprint density at radius 3 is 2.71 bits per heavy atom. The number of fused-ring (bicyclic) bond motifs is 4. The molecular weight excluding hydrogens is 366 g/mol. The second kappa shape index (κ2) is 5.72. The summed E-state index contributed by atoms with van der Waals surface area (Å²) in [5.41, 5.74) is 7.24. The van der Waals surface area contributed by atoms with Crippen LogP contribution in [-0.2, 0) is 10.3 Å². The van der Waals surface area contributed by atoms with Gasteiger partial charge in [0.25, 0.3) is 6.02 Å². The Morgan fingerprint density at radius 2 is 1.96 bits per heavy atom. The van der Waals surface area contributed by atoms with Crippen molar-refractivity contribution in [2.45, 2.75) is 12.5 Å². The Labute approximate surface area is 158 Å². The SMILES string of the molecule is Cc1cc2c(nc1F)Oc1ccc(-c3cccnc3F)cc1C21COC(N)=N1. The van der Waals surface area contributed by atoms with Crippen LogP contribution >= 0.6 is 0 Å². The third-order valence-corrected chi connectivity index (χ3v) is 4.99. The van der Waals surface area contributed by atoms with Crippen molar-refractivity contribution in [3.63, 3.8) is 0 Å². The van der Waals surface area contributed by atoms with Crippen LogP contribution in [0.2, 0.25) is 0 Å². The van der Waals surface area contributed by atoms with E-state index in [1.807, 2.05) is 0 Å². The van der Waals surface area contributed by atoms with E-state index in [4.69, 9.17) is 15.2 Å². The van der Waals surface area contributed by atoms with Gasteiger partial charge in [-0.15, -0.1) is 0 Å². The molecule has 3 aromatic rings. The summed E-state index contributed by atoms with van der Waals surface area (Å²) < 4.78 is 39.5. The Balaban J connectivity index is 1.77. The molecule has 8 heteroatoms. The molecule has 0 aliphatic carbocycles. The first-order valence-corrected chi connectivity index (χ1v) is 8.57. The maximum Gasteiger partial charge on any atom is 0.283 e. The minimum absolute atomic E-state index is 0.0127. The van der Waals surface area contributed by atoms with Gasteiger partial charge in [-0.05, 0) is 42.8 Å². The lowest BCUT2D eigenvalue weighted by molar-refractivity contribution is 0.261. The molecule has 2 aromatic heterocycles. The van der Waals surface area contributed by atoms with Gasteiger partial charge in [0, 0.05) is 22.9 Å². The summed E-state index contributed by atoms with van der Waals surface area (Å²) in [6.45, 7) is 1.71. The van der Waals surface area contributed by atoms with E-state index in [9.17, 15) is 8.78 Å². The van der Waals surface area contributed by atoms with Crippen LogP contribution in [0, 0.1) is 18.8 Å². The molecule has 1 spiro atoms. The lowest BCUT2D eigenvalue weighted by Crippen LogP contribution is -2.32. The van der Waals surface area contributed by atoms with Crippen molar-refractivity contribution in [3.05, 3.63) is 71.2 Å². The average Bonchev–Trinajstić information content (AvgIpc) is 3.07. The van der Waals surface area contributed by atoms with Gasteiger partial charge in [-0.2, -0.15) is 13.8 Å². The van der Waals surface area contributed by atoms with E-state index >= 15 is 0 Å². The first-order chi connectivity index (χ1) is 13.5. The van der Waals surface area contributed by atoms with E-state index in [0.717, 1.165) is 0 Å². The molecule has 1 atom stereocenters. The topological polar surface area (TPSA) is 82.6 Å². The molecule has 0 saturated carbocycles. The number of nitrogens with zero attached hydrogens (tertiary/aromatic N) is 3. The zero-order chi connectivity index (χ0) is 19.5. The molecule has 2 N–H and O–H groups in total. The van der Waals surface area contributed by atoms with Gasteiger partial charge in [-0.25, -0.2) is 9.98 Å². The van der Waals surface area contributed by atoms with Crippen LogP contribution in [0.4, 0.5) is 8.78 Å². The Morgan fingerprint density at radius 1 is 1.11 bits per heavy atom. The quantitative estimate of drug-likeness (QED) is 0.654. The number of hydrogen-bond acceptors (Lipinski definition) is 6. The van der Waals surface area contributed by atoms with Crippen LogP contribution in [0.3, 0.4) is 0 Å². The van der Waals surface area contributed by atoms with Gasteiger partial charge >= 0.3 is 0 Å². The molecule has 0 radical (unpaired) electrons. The van der Waals surface area contributed by atoms with E-state index in [1.165, 1.54) is 6.20 Å². The second-order valence-electron chi connectivity index (χ2n) is 6.70. The summed E-state index contributed by atoms with van der Waals surface area (Å²) in [6, 6.07) is 10.1. The second-order valence-corrected chi connectivity index (χ2v) is 6.70. The molecule has 5 rings (SSSR count). The molecule has 1 aromatic carbocycles. The summed E-state index contributed by atoms with van der Waals surface area (Å²) in [6.07, 6.45) is 1.39. The van der Waals surface area contributed by atoms with Crippen molar-refractivity contribution < 1.29 is 18.3 Å². The van der Waals surface area contributed by atoms with Gasteiger partial charge in [0.15, 0.2) is 5.54 Å². The molecule has 2 aliphatic rings. The number of ether oxygens (including phenoxy) is 2. The van der Waals surface area contributed by atoms with Crippen LogP contribution in [0.25, 0.3) is 11.1 Å². The van der Waals surface area contributed by atoms with Crippen LogP contribution < -0.4 is 10.5 Å². The smallest absolute Gasteiger partial charge is 0.283 e. The van der Waals surface area contributed by atoms with Crippen molar-refractivity contribution in [2.24, 2.45) is 10.7 Å². The van der Waals surface area contributed by atoms with Gasteiger partial charge in [0.1, 0.15) is 12.4 Å².